The second kappa shape index (κ2) is 6.38. The smallest absolute Gasteiger partial charge is 0.0101 e. The fraction of sp³-hybridized carbons (Fsp3) is 0.647. The summed E-state index contributed by atoms with van der Waals surface area (Å²) in [5, 5.41) is 3.70. The number of benzene rings is 1. The molecule has 0 saturated heterocycles. The van der Waals surface area contributed by atoms with Crippen LogP contribution in [0.1, 0.15) is 51.5 Å². The lowest BCUT2D eigenvalue weighted by Crippen LogP contribution is -2.31. The SMILES string of the molecule is CCNC(CCC(C)C)C1CC1c1ccccc1. The van der Waals surface area contributed by atoms with E-state index in [4.69, 9.17) is 0 Å². The molecule has 18 heavy (non-hydrogen) atoms. The first-order chi connectivity index (χ1) is 8.72. The van der Waals surface area contributed by atoms with Gasteiger partial charge in [0, 0.05) is 6.04 Å². The molecule has 3 unspecified atom stereocenters. The Labute approximate surface area is 112 Å². The molecule has 1 saturated carbocycles. The predicted octanol–water partition coefficient (Wildman–Crippen LogP) is 4.20. The van der Waals surface area contributed by atoms with Crippen molar-refractivity contribution in [3.8, 4) is 0 Å². The summed E-state index contributed by atoms with van der Waals surface area (Å²) in [6.45, 7) is 7.97. The van der Waals surface area contributed by atoms with Crippen molar-refractivity contribution in [2.24, 2.45) is 11.8 Å². The fourth-order valence-electron chi connectivity index (χ4n) is 2.99. The van der Waals surface area contributed by atoms with E-state index in [1.165, 1.54) is 24.8 Å². The van der Waals surface area contributed by atoms with Crippen molar-refractivity contribution in [2.75, 3.05) is 6.54 Å². The van der Waals surface area contributed by atoms with Gasteiger partial charge in [-0.05, 0) is 49.1 Å². The normalized spacial score (nSPS) is 24.2. The van der Waals surface area contributed by atoms with Gasteiger partial charge in [0.15, 0.2) is 0 Å². The molecule has 0 aliphatic heterocycles. The fourth-order valence-corrected chi connectivity index (χ4v) is 2.99. The summed E-state index contributed by atoms with van der Waals surface area (Å²) in [6, 6.07) is 11.7. The number of hydrogen-bond donors (Lipinski definition) is 1. The van der Waals surface area contributed by atoms with Gasteiger partial charge in [0.25, 0.3) is 0 Å². The third-order valence-corrected chi connectivity index (χ3v) is 4.11. The van der Waals surface area contributed by atoms with E-state index in [1.54, 1.807) is 0 Å². The highest BCUT2D eigenvalue weighted by Crippen LogP contribution is 2.50. The molecule has 3 atom stereocenters. The summed E-state index contributed by atoms with van der Waals surface area (Å²) in [5.41, 5.74) is 1.54. The highest BCUT2D eigenvalue weighted by Gasteiger charge is 2.42. The zero-order valence-electron chi connectivity index (χ0n) is 12.0. The minimum atomic E-state index is 0.725. The maximum Gasteiger partial charge on any atom is 0.0101 e. The predicted molar refractivity (Wildman–Crippen MR) is 78.8 cm³/mol. The zero-order valence-corrected chi connectivity index (χ0v) is 12.0. The third-order valence-electron chi connectivity index (χ3n) is 4.11. The van der Waals surface area contributed by atoms with Crippen LogP contribution in [-0.2, 0) is 0 Å². The molecular weight excluding hydrogens is 218 g/mol. The molecule has 1 aromatic rings. The Morgan fingerprint density at radius 2 is 1.89 bits per heavy atom. The summed E-state index contributed by atoms with van der Waals surface area (Å²) in [4.78, 5) is 0. The van der Waals surface area contributed by atoms with Gasteiger partial charge in [-0.1, -0.05) is 51.1 Å². The van der Waals surface area contributed by atoms with Gasteiger partial charge in [0.05, 0.1) is 0 Å². The van der Waals surface area contributed by atoms with Gasteiger partial charge in [-0.2, -0.15) is 0 Å². The van der Waals surface area contributed by atoms with Crippen LogP contribution in [0.5, 0.6) is 0 Å². The minimum Gasteiger partial charge on any atom is -0.314 e. The Bertz CT molecular complexity index is 344. The molecule has 1 N–H and O–H groups in total. The summed E-state index contributed by atoms with van der Waals surface area (Å²) < 4.78 is 0. The Balaban J connectivity index is 1.89. The van der Waals surface area contributed by atoms with Crippen molar-refractivity contribution in [2.45, 2.75) is 52.0 Å². The number of hydrogen-bond acceptors (Lipinski definition) is 1. The lowest BCUT2D eigenvalue weighted by atomic mass is 9.97. The molecule has 100 valence electrons. The summed E-state index contributed by atoms with van der Waals surface area (Å²) in [7, 11) is 0. The number of nitrogens with one attached hydrogen (secondary N) is 1. The van der Waals surface area contributed by atoms with Crippen molar-refractivity contribution in [3.63, 3.8) is 0 Å². The van der Waals surface area contributed by atoms with Crippen LogP contribution >= 0.6 is 0 Å². The van der Waals surface area contributed by atoms with Crippen LogP contribution in [0.15, 0.2) is 30.3 Å². The molecule has 0 amide bonds. The monoisotopic (exact) mass is 245 g/mol. The highest BCUT2D eigenvalue weighted by molar-refractivity contribution is 5.26. The van der Waals surface area contributed by atoms with Crippen LogP contribution in [0.25, 0.3) is 0 Å². The highest BCUT2D eigenvalue weighted by atomic mass is 14.9. The van der Waals surface area contributed by atoms with Crippen molar-refractivity contribution in [1.29, 1.82) is 0 Å². The Hall–Kier alpha value is -0.820. The van der Waals surface area contributed by atoms with Crippen LogP contribution in [-0.4, -0.2) is 12.6 Å². The molecule has 1 aromatic carbocycles. The molecule has 1 aliphatic rings. The molecule has 1 nitrogen and oxygen atoms in total. The molecule has 0 bridgehead atoms. The molecule has 0 radical (unpaired) electrons. The topological polar surface area (TPSA) is 12.0 Å². The van der Waals surface area contributed by atoms with Gasteiger partial charge in [0.1, 0.15) is 0 Å². The van der Waals surface area contributed by atoms with E-state index in [9.17, 15) is 0 Å². The van der Waals surface area contributed by atoms with Gasteiger partial charge in [-0.25, -0.2) is 0 Å². The molecule has 1 aliphatic carbocycles. The molecular formula is C17H27N. The summed E-state index contributed by atoms with van der Waals surface area (Å²) >= 11 is 0. The van der Waals surface area contributed by atoms with Gasteiger partial charge in [-0.15, -0.1) is 0 Å². The van der Waals surface area contributed by atoms with Crippen LogP contribution in [0, 0.1) is 11.8 Å². The standard InChI is InChI=1S/C17H27N/c1-4-18-17(11-10-13(2)3)16-12-15(16)14-8-6-5-7-9-14/h5-9,13,15-18H,4,10-12H2,1-3H3. The van der Waals surface area contributed by atoms with E-state index in [0.717, 1.165) is 30.3 Å². The van der Waals surface area contributed by atoms with Gasteiger partial charge < -0.3 is 5.32 Å². The summed E-state index contributed by atoms with van der Waals surface area (Å²) in [6.07, 6.45) is 4.05. The second-order valence-corrected chi connectivity index (χ2v) is 6.05. The Morgan fingerprint density at radius 3 is 2.50 bits per heavy atom. The average molecular weight is 245 g/mol. The quantitative estimate of drug-likeness (QED) is 0.759. The van der Waals surface area contributed by atoms with E-state index >= 15 is 0 Å². The van der Waals surface area contributed by atoms with E-state index in [1.807, 2.05) is 0 Å². The maximum atomic E-state index is 3.70. The second-order valence-electron chi connectivity index (χ2n) is 6.05. The molecule has 0 aromatic heterocycles. The maximum absolute atomic E-state index is 3.70. The first-order valence-corrected chi connectivity index (χ1v) is 7.50. The van der Waals surface area contributed by atoms with Crippen LogP contribution in [0.2, 0.25) is 0 Å². The minimum absolute atomic E-state index is 0.725. The molecule has 1 heteroatoms. The largest absolute Gasteiger partial charge is 0.314 e. The van der Waals surface area contributed by atoms with Gasteiger partial charge >= 0.3 is 0 Å². The number of rotatable bonds is 7. The van der Waals surface area contributed by atoms with Crippen LogP contribution < -0.4 is 5.32 Å². The van der Waals surface area contributed by atoms with Gasteiger partial charge in [-0.3, -0.25) is 0 Å². The van der Waals surface area contributed by atoms with Crippen LogP contribution in [0.4, 0.5) is 0 Å². The van der Waals surface area contributed by atoms with Crippen molar-refractivity contribution in [1.82, 2.24) is 5.32 Å². The van der Waals surface area contributed by atoms with Crippen molar-refractivity contribution < 1.29 is 0 Å². The van der Waals surface area contributed by atoms with Crippen molar-refractivity contribution >= 4 is 0 Å². The Kier molecular flexibility index (Phi) is 4.82. The third kappa shape index (κ3) is 3.58. The molecule has 2 rings (SSSR count). The van der Waals surface area contributed by atoms with E-state index in [0.29, 0.717) is 0 Å². The van der Waals surface area contributed by atoms with Gasteiger partial charge in [0.2, 0.25) is 0 Å². The zero-order chi connectivity index (χ0) is 13.0. The average Bonchev–Trinajstić information content (AvgIpc) is 3.15. The summed E-state index contributed by atoms with van der Waals surface area (Å²) in [5.74, 6) is 2.49. The van der Waals surface area contributed by atoms with Crippen LogP contribution in [0.3, 0.4) is 0 Å². The lowest BCUT2D eigenvalue weighted by Gasteiger charge is -2.19. The molecule has 0 heterocycles. The molecule has 0 spiro atoms. The molecule has 1 fully saturated rings. The van der Waals surface area contributed by atoms with Crippen molar-refractivity contribution in [3.05, 3.63) is 35.9 Å². The first-order valence-electron chi connectivity index (χ1n) is 7.50. The van der Waals surface area contributed by atoms with E-state index < -0.39 is 0 Å². The van der Waals surface area contributed by atoms with E-state index in [2.05, 4.69) is 56.4 Å². The lowest BCUT2D eigenvalue weighted by molar-refractivity contribution is 0.398. The Morgan fingerprint density at radius 1 is 1.17 bits per heavy atom. The van der Waals surface area contributed by atoms with E-state index in [-0.39, 0.29) is 0 Å². The first kappa shape index (κ1) is 13.6.